The first-order valence-electron chi connectivity index (χ1n) is 6.34. The molecule has 0 aliphatic carbocycles. The molecular formula is C15H11Cl3N2O3. The zero-order valence-electron chi connectivity index (χ0n) is 11.6. The molecule has 0 radical (unpaired) electrons. The van der Waals surface area contributed by atoms with Crippen molar-refractivity contribution in [1.82, 2.24) is 0 Å². The predicted octanol–water partition coefficient (Wildman–Crippen LogP) is 4.02. The van der Waals surface area contributed by atoms with E-state index in [4.69, 9.17) is 45.3 Å². The van der Waals surface area contributed by atoms with E-state index >= 15 is 0 Å². The van der Waals surface area contributed by atoms with Gasteiger partial charge in [-0.15, -0.1) is 0 Å². The molecule has 3 N–H and O–H groups in total. The van der Waals surface area contributed by atoms with Crippen LogP contribution in [0.5, 0.6) is 0 Å². The lowest BCUT2D eigenvalue weighted by atomic mass is 10.2. The number of benzene rings is 2. The Kier molecular flexibility index (Phi) is 5.71. The summed E-state index contributed by atoms with van der Waals surface area (Å²) in [5.41, 5.74) is 6.53. The molecule has 0 spiro atoms. The number of ether oxygens (including phenoxy) is 1. The molecule has 1 amide bonds. The lowest BCUT2D eigenvalue weighted by Gasteiger charge is -2.10. The van der Waals surface area contributed by atoms with Crippen LogP contribution in [0.3, 0.4) is 0 Å². The highest BCUT2D eigenvalue weighted by molar-refractivity contribution is 6.42. The van der Waals surface area contributed by atoms with Gasteiger partial charge in [0.1, 0.15) is 0 Å². The van der Waals surface area contributed by atoms with Gasteiger partial charge in [0.15, 0.2) is 6.61 Å². The second kappa shape index (κ2) is 7.55. The minimum Gasteiger partial charge on any atom is -0.452 e. The van der Waals surface area contributed by atoms with Crippen molar-refractivity contribution in [1.29, 1.82) is 0 Å². The van der Waals surface area contributed by atoms with Crippen LogP contribution >= 0.6 is 34.8 Å². The van der Waals surface area contributed by atoms with Crippen molar-refractivity contribution in [3.63, 3.8) is 0 Å². The number of amides is 1. The summed E-state index contributed by atoms with van der Waals surface area (Å²) in [6.07, 6.45) is 0. The van der Waals surface area contributed by atoms with E-state index in [0.29, 0.717) is 10.7 Å². The summed E-state index contributed by atoms with van der Waals surface area (Å²) in [7, 11) is 0. The van der Waals surface area contributed by atoms with Crippen LogP contribution in [0.2, 0.25) is 15.1 Å². The Morgan fingerprint density at radius 2 is 1.61 bits per heavy atom. The third-order valence-electron chi connectivity index (χ3n) is 2.75. The summed E-state index contributed by atoms with van der Waals surface area (Å²) in [6.45, 7) is -0.488. The van der Waals surface area contributed by atoms with Crippen molar-refractivity contribution in [2.75, 3.05) is 17.7 Å². The van der Waals surface area contributed by atoms with Gasteiger partial charge in [-0.05, 0) is 36.4 Å². The number of hydrogen-bond acceptors (Lipinski definition) is 4. The zero-order chi connectivity index (χ0) is 17.0. The predicted molar refractivity (Wildman–Crippen MR) is 91.2 cm³/mol. The molecule has 8 heteroatoms. The number of nitrogens with one attached hydrogen (secondary N) is 1. The lowest BCUT2D eigenvalue weighted by Crippen LogP contribution is -2.21. The maximum absolute atomic E-state index is 11.8. The van der Waals surface area contributed by atoms with E-state index in [9.17, 15) is 9.59 Å². The molecule has 2 rings (SSSR count). The van der Waals surface area contributed by atoms with Crippen LogP contribution < -0.4 is 11.1 Å². The molecule has 120 valence electrons. The average Bonchev–Trinajstić information content (AvgIpc) is 2.49. The topological polar surface area (TPSA) is 81.4 Å². The third-order valence-corrected chi connectivity index (χ3v) is 3.57. The Balaban J connectivity index is 1.95. The van der Waals surface area contributed by atoms with Crippen molar-refractivity contribution >= 4 is 58.1 Å². The number of hydrogen-bond donors (Lipinski definition) is 2. The van der Waals surface area contributed by atoms with E-state index in [-0.39, 0.29) is 21.3 Å². The van der Waals surface area contributed by atoms with Gasteiger partial charge < -0.3 is 15.8 Å². The largest absolute Gasteiger partial charge is 0.452 e. The normalized spacial score (nSPS) is 10.2. The van der Waals surface area contributed by atoms with Crippen LogP contribution in [0.1, 0.15) is 10.4 Å². The van der Waals surface area contributed by atoms with Gasteiger partial charge in [0, 0.05) is 10.7 Å². The Morgan fingerprint density at radius 1 is 1.04 bits per heavy atom. The smallest absolute Gasteiger partial charge is 0.338 e. The molecule has 5 nitrogen and oxygen atoms in total. The number of esters is 1. The molecule has 0 unspecified atom stereocenters. The third kappa shape index (κ3) is 4.76. The highest BCUT2D eigenvalue weighted by Crippen LogP contribution is 2.33. The van der Waals surface area contributed by atoms with Crippen LogP contribution in [0.25, 0.3) is 0 Å². The monoisotopic (exact) mass is 372 g/mol. The summed E-state index contributed by atoms with van der Waals surface area (Å²) in [5.74, 6) is -1.23. The van der Waals surface area contributed by atoms with Gasteiger partial charge in [-0.3, -0.25) is 4.79 Å². The Hall–Kier alpha value is -1.95. The van der Waals surface area contributed by atoms with E-state index in [0.717, 1.165) is 0 Å². The molecule has 0 aromatic heterocycles. The van der Waals surface area contributed by atoms with Crippen LogP contribution in [-0.4, -0.2) is 18.5 Å². The van der Waals surface area contributed by atoms with Gasteiger partial charge in [-0.1, -0.05) is 34.8 Å². The van der Waals surface area contributed by atoms with E-state index in [2.05, 4.69) is 5.32 Å². The molecule has 2 aromatic rings. The molecule has 2 aromatic carbocycles. The molecule has 23 heavy (non-hydrogen) atoms. The van der Waals surface area contributed by atoms with Crippen molar-refractivity contribution in [3.05, 3.63) is 57.0 Å². The molecule has 0 bridgehead atoms. The molecule has 0 saturated carbocycles. The highest BCUT2D eigenvalue weighted by atomic mass is 35.5. The number of carbonyl (C=O) groups is 2. The SMILES string of the molecule is Nc1ccc(C(=O)OCC(=O)Nc2c(Cl)cc(Cl)cc2Cl)cc1. The molecule has 0 fully saturated rings. The van der Waals surface area contributed by atoms with E-state index in [1.807, 2.05) is 0 Å². The standard InChI is InChI=1S/C15H11Cl3N2O3/c16-9-5-11(17)14(12(18)6-9)20-13(21)7-23-15(22)8-1-3-10(19)4-2-8/h1-6H,7,19H2,(H,20,21). The fourth-order valence-corrected chi connectivity index (χ4v) is 2.58. The van der Waals surface area contributed by atoms with Crippen LogP contribution in [-0.2, 0) is 9.53 Å². The number of halogens is 3. The summed E-state index contributed by atoms with van der Waals surface area (Å²) in [6, 6.07) is 8.99. The molecule has 0 heterocycles. The zero-order valence-corrected chi connectivity index (χ0v) is 13.9. The maximum atomic E-state index is 11.8. The minimum atomic E-state index is -0.645. The van der Waals surface area contributed by atoms with Crippen LogP contribution in [0.15, 0.2) is 36.4 Å². The van der Waals surface area contributed by atoms with E-state index in [1.54, 1.807) is 12.1 Å². The van der Waals surface area contributed by atoms with E-state index < -0.39 is 18.5 Å². The molecular weight excluding hydrogens is 363 g/mol. The van der Waals surface area contributed by atoms with Crippen LogP contribution in [0.4, 0.5) is 11.4 Å². The first kappa shape index (κ1) is 17.4. The van der Waals surface area contributed by atoms with Crippen molar-refractivity contribution in [3.8, 4) is 0 Å². The molecule has 0 aliphatic rings. The second-order valence-electron chi connectivity index (χ2n) is 4.49. The first-order chi connectivity index (χ1) is 10.9. The Labute approximate surface area is 147 Å². The number of anilines is 2. The van der Waals surface area contributed by atoms with Crippen molar-refractivity contribution in [2.24, 2.45) is 0 Å². The minimum absolute atomic E-state index is 0.181. The maximum Gasteiger partial charge on any atom is 0.338 e. The second-order valence-corrected chi connectivity index (χ2v) is 5.74. The quantitative estimate of drug-likeness (QED) is 0.626. The Bertz CT molecular complexity index is 725. The number of carbonyl (C=O) groups excluding carboxylic acids is 2. The van der Waals surface area contributed by atoms with Gasteiger partial charge >= 0.3 is 5.97 Å². The lowest BCUT2D eigenvalue weighted by molar-refractivity contribution is -0.119. The number of rotatable bonds is 4. The number of nitrogen functional groups attached to an aromatic ring is 1. The van der Waals surface area contributed by atoms with Gasteiger partial charge in [-0.2, -0.15) is 0 Å². The fraction of sp³-hybridized carbons (Fsp3) is 0.0667. The first-order valence-corrected chi connectivity index (χ1v) is 7.47. The fourth-order valence-electron chi connectivity index (χ4n) is 1.67. The van der Waals surface area contributed by atoms with Gasteiger partial charge in [0.25, 0.3) is 5.91 Å². The summed E-state index contributed by atoms with van der Waals surface area (Å²) in [4.78, 5) is 23.6. The van der Waals surface area contributed by atoms with Crippen LogP contribution in [0, 0.1) is 0 Å². The van der Waals surface area contributed by atoms with Crippen molar-refractivity contribution < 1.29 is 14.3 Å². The van der Waals surface area contributed by atoms with Gasteiger partial charge in [-0.25, -0.2) is 4.79 Å². The molecule has 0 atom stereocenters. The highest BCUT2D eigenvalue weighted by Gasteiger charge is 2.14. The summed E-state index contributed by atoms with van der Waals surface area (Å²) in [5, 5.41) is 3.17. The van der Waals surface area contributed by atoms with Gasteiger partial charge in [0.2, 0.25) is 0 Å². The van der Waals surface area contributed by atoms with Gasteiger partial charge in [0.05, 0.1) is 21.3 Å². The molecule has 0 aliphatic heterocycles. The average molecular weight is 374 g/mol. The van der Waals surface area contributed by atoms with E-state index in [1.165, 1.54) is 24.3 Å². The number of nitrogens with two attached hydrogens (primary N) is 1. The molecule has 0 saturated heterocycles. The summed E-state index contributed by atoms with van der Waals surface area (Å²) < 4.78 is 4.90. The van der Waals surface area contributed by atoms with Crippen molar-refractivity contribution in [2.45, 2.75) is 0 Å². The Morgan fingerprint density at radius 3 is 2.17 bits per heavy atom. The summed E-state index contributed by atoms with van der Waals surface area (Å²) >= 11 is 17.7.